The molecule has 0 amide bonds. The van der Waals surface area contributed by atoms with Gasteiger partial charge in [-0.3, -0.25) is 4.74 Å². The third kappa shape index (κ3) is 4.17. The average Bonchev–Trinajstić information content (AvgIpc) is 2.51. The van der Waals surface area contributed by atoms with Crippen LogP contribution in [0.25, 0.3) is 0 Å². The summed E-state index contributed by atoms with van der Waals surface area (Å²) in [6.07, 6.45) is -26.9. The Labute approximate surface area is 162 Å². The van der Waals surface area contributed by atoms with E-state index in [9.17, 15) is 83.4 Å². The van der Waals surface area contributed by atoms with Gasteiger partial charge in [-0.15, -0.1) is 6.58 Å². The first kappa shape index (κ1) is 30.4. The number of alkyl halides is 19. The Morgan fingerprint density at radius 2 is 0.812 bits per heavy atom. The first-order chi connectivity index (χ1) is 13.5. The van der Waals surface area contributed by atoms with E-state index < -0.39 is 60.3 Å². The molecule has 0 aliphatic carbocycles. The Bertz CT molecular complexity index is 669. The van der Waals surface area contributed by atoms with Gasteiger partial charge < -0.3 is 0 Å². The van der Waals surface area contributed by atoms with Crippen LogP contribution >= 0.6 is 0 Å². The van der Waals surface area contributed by atoms with Crippen LogP contribution in [-0.2, 0) is 4.74 Å². The molecule has 0 fully saturated rings. The molecule has 0 saturated heterocycles. The van der Waals surface area contributed by atoms with E-state index >= 15 is 0 Å². The predicted molar refractivity (Wildman–Crippen MR) is 61.5 cm³/mol. The van der Waals surface area contributed by atoms with Gasteiger partial charge in [0.25, 0.3) is 0 Å². The number of hydrogen-bond acceptors (Lipinski definition) is 1. The third-order valence-corrected chi connectivity index (χ3v) is 3.41. The van der Waals surface area contributed by atoms with Crippen LogP contribution in [0.4, 0.5) is 83.4 Å². The second-order valence-corrected chi connectivity index (χ2v) is 5.70. The molecule has 0 aliphatic heterocycles. The zero-order valence-electron chi connectivity index (χ0n) is 14.1. The number of hydrogen-bond donors (Lipinski definition) is 0. The van der Waals surface area contributed by atoms with Crippen LogP contribution in [0.1, 0.15) is 6.42 Å². The summed E-state index contributed by atoms with van der Waals surface area (Å²) in [5, 5.41) is 0. The van der Waals surface area contributed by atoms with Crippen LogP contribution in [0.15, 0.2) is 12.7 Å². The van der Waals surface area contributed by atoms with Gasteiger partial charge in [-0.25, -0.2) is 0 Å². The highest BCUT2D eigenvalue weighted by Gasteiger charge is 2.92. The Balaban J connectivity index is 6.71. The fraction of sp³-hybridized carbons (Fsp3) is 0.833. The van der Waals surface area contributed by atoms with E-state index in [1.54, 1.807) is 0 Å². The lowest BCUT2D eigenvalue weighted by Gasteiger charge is -2.42. The van der Waals surface area contributed by atoms with Crippen LogP contribution in [0, 0.1) is 0 Å². The standard InChI is InChI=1S/C12H5F19O/c1-2-3-4(13,14)5(15,16)6(17,18)7(19,20)8(21,22)12(30,31)32-9(23,10(24,25)26)11(27,28)29/h2H,1,3H2. The first-order valence-electron chi connectivity index (χ1n) is 6.92. The normalized spacial score (nSPS) is 16.3. The summed E-state index contributed by atoms with van der Waals surface area (Å²) >= 11 is 0. The fourth-order valence-corrected chi connectivity index (χ4v) is 1.63. The van der Waals surface area contributed by atoms with E-state index in [4.69, 9.17) is 0 Å². The molecule has 192 valence electrons. The van der Waals surface area contributed by atoms with Crippen molar-refractivity contribution in [3.05, 3.63) is 12.7 Å². The summed E-state index contributed by atoms with van der Waals surface area (Å²) in [5.74, 6) is -47.5. The van der Waals surface area contributed by atoms with Crippen molar-refractivity contribution in [3.63, 3.8) is 0 Å². The molecule has 0 aromatic rings. The highest BCUT2D eigenvalue weighted by Crippen LogP contribution is 2.62. The molecular weight excluding hydrogens is 521 g/mol. The third-order valence-electron chi connectivity index (χ3n) is 3.41. The van der Waals surface area contributed by atoms with Gasteiger partial charge in [0.05, 0.1) is 0 Å². The summed E-state index contributed by atoms with van der Waals surface area (Å²) in [4.78, 5) is 0. The molecule has 1 nitrogen and oxygen atoms in total. The van der Waals surface area contributed by atoms with Crippen molar-refractivity contribution in [1.29, 1.82) is 0 Å². The minimum absolute atomic E-state index is 0.359. The van der Waals surface area contributed by atoms with E-state index in [1.807, 2.05) is 0 Å². The van der Waals surface area contributed by atoms with Gasteiger partial charge in [-0.2, -0.15) is 83.4 Å². The highest BCUT2D eigenvalue weighted by atomic mass is 19.4. The van der Waals surface area contributed by atoms with Gasteiger partial charge in [0.15, 0.2) is 0 Å². The highest BCUT2D eigenvalue weighted by molar-refractivity contribution is 5.11. The molecule has 0 spiro atoms. The van der Waals surface area contributed by atoms with Crippen molar-refractivity contribution in [3.8, 4) is 0 Å². The number of halogens is 19. The monoisotopic (exact) mass is 526 g/mol. The summed E-state index contributed by atoms with van der Waals surface area (Å²) in [7, 11) is 0. The van der Waals surface area contributed by atoms with Gasteiger partial charge in [0.2, 0.25) is 0 Å². The minimum Gasteiger partial charge on any atom is -0.262 e. The topological polar surface area (TPSA) is 9.23 Å². The molecule has 0 unspecified atom stereocenters. The molecule has 0 N–H and O–H groups in total. The van der Waals surface area contributed by atoms with Crippen LogP contribution in [0.3, 0.4) is 0 Å². The first-order valence-corrected chi connectivity index (χ1v) is 6.92. The van der Waals surface area contributed by atoms with Crippen LogP contribution in [0.2, 0.25) is 0 Å². The predicted octanol–water partition coefficient (Wildman–Crippen LogP) is 7.14. The van der Waals surface area contributed by atoms with E-state index in [-0.39, 0.29) is 6.08 Å². The van der Waals surface area contributed by atoms with Crippen LogP contribution in [0.5, 0.6) is 0 Å². The summed E-state index contributed by atoms with van der Waals surface area (Å²) in [6, 6.07) is 0. The molecule has 0 rings (SSSR count). The van der Waals surface area contributed by atoms with Gasteiger partial charge in [-0.05, 0) is 0 Å². The number of ether oxygens (including phenoxy) is 1. The lowest BCUT2D eigenvalue weighted by atomic mass is 9.92. The molecular formula is C12H5F19O. The molecule has 0 heterocycles. The van der Waals surface area contributed by atoms with Crippen molar-refractivity contribution < 1.29 is 88.2 Å². The molecule has 32 heavy (non-hydrogen) atoms. The SMILES string of the molecule is C=CCC(F)(F)C(F)(F)C(F)(F)C(F)(F)C(F)(F)C(F)(F)OC(F)(C(F)(F)F)C(F)(F)F. The van der Waals surface area contributed by atoms with Crippen molar-refractivity contribution in [1.82, 2.24) is 0 Å². The maximum atomic E-state index is 13.3. The molecule has 0 aromatic carbocycles. The quantitative estimate of drug-likeness (QED) is 0.229. The van der Waals surface area contributed by atoms with E-state index in [0.29, 0.717) is 0 Å². The van der Waals surface area contributed by atoms with E-state index in [2.05, 4.69) is 6.58 Å². The van der Waals surface area contributed by atoms with Gasteiger partial charge >= 0.3 is 53.9 Å². The Morgan fingerprint density at radius 1 is 0.500 bits per heavy atom. The van der Waals surface area contributed by atoms with E-state index in [1.165, 1.54) is 0 Å². The lowest BCUT2D eigenvalue weighted by molar-refractivity contribution is -0.526. The number of allylic oxidation sites excluding steroid dienone is 1. The molecule has 0 atom stereocenters. The smallest absolute Gasteiger partial charge is 0.262 e. The average molecular weight is 526 g/mol. The summed E-state index contributed by atoms with van der Waals surface area (Å²) in [5.41, 5.74) is 0. The minimum atomic E-state index is -8.58. The van der Waals surface area contributed by atoms with Crippen molar-refractivity contribution in [2.75, 3.05) is 0 Å². The summed E-state index contributed by atoms with van der Waals surface area (Å²) in [6.45, 7) is 2.29. The second kappa shape index (κ2) is 7.71. The van der Waals surface area contributed by atoms with E-state index in [0.717, 1.165) is 4.74 Å². The Morgan fingerprint density at radius 3 is 1.09 bits per heavy atom. The van der Waals surface area contributed by atoms with Gasteiger partial charge in [0.1, 0.15) is 0 Å². The molecule has 0 aromatic heterocycles. The molecule has 0 bridgehead atoms. The largest absolute Gasteiger partial charge is 0.458 e. The van der Waals surface area contributed by atoms with Gasteiger partial charge in [-0.1, -0.05) is 6.08 Å². The number of rotatable bonds is 9. The maximum absolute atomic E-state index is 13.3. The van der Waals surface area contributed by atoms with Crippen molar-refractivity contribution in [2.24, 2.45) is 0 Å². The van der Waals surface area contributed by atoms with Crippen molar-refractivity contribution >= 4 is 0 Å². The Hall–Kier alpha value is -1.63. The Kier molecular flexibility index (Phi) is 7.32. The van der Waals surface area contributed by atoms with Crippen LogP contribution in [-0.4, -0.2) is 53.9 Å². The second-order valence-electron chi connectivity index (χ2n) is 5.70. The van der Waals surface area contributed by atoms with Gasteiger partial charge in [0, 0.05) is 6.42 Å². The molecule has 0 aliphatic rings. The lowest BCUT2D eigenvalue weighted by Crippen LogP contribution is -2.72. The fourth-order valence-electron chi connectivity index (χ4n) is 1.63. The van der Waals surface area contributed by atoms with Crippen LogP contribution < -0.4 is 0 Å². The zero-order valence-corrected chi connectivity index (χ0v) is 14.1. The van der Waals surface area contributed by atoms with Crippen molar-refractivity contribution in [2.45, 2.75) is 60.3 Å². The summed E-state index contributed by atoms with van der Waals surface area (Å²) < 4.78 is 245. The molecule has 0 radical (unpaired) electrons. The molecule has 20 heteroatoms. The maximum Gasteiger partial charge on any atom is 0.458 e. The molecule has 0 saturated carbocycles. The zero-order chi connectivity index (χ0) is 26.6.